The second-order valence-corrected chi connectivity index (χ2v) is 6.84. The molecule has 0 bridgehead atoms. The Balaban J connectivity index is 2.36. The van der Waals surface area contributed by atoms with Gasteiger partial charge in [0.25, 0.3) is 0 Å². The van der Waals surface area contributed by atoms with E-state index in [2.05, 4.69) is 45.2 Å². The third-order valence-electron chi connectivity index (χ3n) is 2.22. The summed E-state index contributed by atoms with van der Waals surface area (Å²) >= 11 is 3.55. The summed E-state index contributed by atoms with van der Waals surface area (Å²) in [5.74, 6) is 0. The molecule has 2 aromatic heterocycles. The molecule has 0 spiro atoms. The molecule has 0 radical (unpaired) electrons. The molecule has 0 N–H and O–H groups in total. The molecule has 0 aliphatic heterocycles. The maximum absolute atomic E-state index is 4.69. The fourth-order valence-electron chi connectivity index (χ4n) is 1.28. The summed E-state index contributed by atoms with van der Waals surface area (Å²) in [5, 5.41) is 3.32. The highest BCUT2D eigenvalue weighted by Crippen LogP contribution is 2.33. The molecule has 0 saturated heterocycles. The first-order chi connectivity index (χ1) is 6.97. The fourth-order valence-corrected chi connectivity index (χ4v) is 3.27. The van der Waals surface area contributed by atoms with Crippen LogP contribution in [0.4, 0.5) is 0 Å². The van der Waals surface area contributed by atoms with Gasteiger partial charge in [-0.25, -0.2) is 4.98 Å². The Morgan fingerprint density at radius 3 is 2.40 bits per heavy atom. The zero-order chi connectivity index (χ0) is 11.1. The topological polar surface area (TPSA) is 12.9 Å². The lowest BCUT2D eigenvalue weighted by molar-refractivity contribution is 0.573. The molecule has 1 nitrogen and oxygen atoms in total. The number of rotatable bonds is 1. The fraction of sp³-hybridized carbons (Fsp3) is 0.417. The van der Waals surface area contributed by atoms with Crippen LogP contribution in [0.3, 0.4) is 0 Å². The number of thiophene rings is 1. The predicted octanol–water partition coefficient (Wildman–Crippen LogP) is 4.48. The summed E-state index contributed by atoms with van der Waals surface area (Å²) in [6.07, 6.45) is 0. The molecule has 15 heavy (non-hydrogen) atoms. The van der Waals surface area contributed by atoms with Crippen LogP contribution in [0.15, 0.2) is 17.5 Å². The van der Waals surface area contributed by atoms with Gasteiger partial charge in [-0.05, 0) is 19.1 Å². The Kier molecular flexibility index (Phi) is 2.69. The van der Waals surface area contributed by atoms with E-state index < -0.39 is 0 Å². The molecule has 0 aliphatic rings. The average molecular weight is 237 g/mol. The molecular formula is C12H15NS2. The lowest BCUT2D eigenvalue weighted by Gasteiger charge is -2.14. The molecule has 0 amide bonds. The van der Waals surface area contributed by atoms with Crippen molar-refractivity contribution >= 4 is 22.7 Å². The van der Waals surface area contributed by atoms with E-state index in [1.165, 1.54) is 15.4 Å². The largest absolute Gasteiger partial charge is 0.240 e. The highest BCUT2D eigenvalue weighted by Gasteiger charge is 2.18. The van der Waals surface area contributed by atoms with Crippen LogP contribution in [0, 0.1) is 6.92 Å². The third kappa shape index (κ3) is 2.29. The number of thiazole rings is 1. The van der Waals surface area contributed by atoms with Gasteiger partial charge >= 0.3 is 0 Å². The smallest absolute Gasteiger partial charge is 0.133 e. The van der Waals surface area contributed by atoms with Crippen molar-refractivity contribution in [2.45, 2.75) is 33.1 Å². The number of aromatic nitrogens is 1. The lowest BCUT2D eigenvalue weighted by Crippen LogP contribution is -2.11. The van der Waals surface area contributed by atoms with Crippen LogP contribution >= 0.6 is 22.7 Å². The van der Waals surface area contributed by atoms with Crippen molar-refractivity contribution in [3.8, 4) is 9.88 Å². The molecule has 0 aliphatic carbocycles. The number of nitrogens with zero attached hydrogens (tertiary/aromatic N) is 1. The molecule has 0 atom stereocenters. The number of hydrogen-bond donors (Lipinski definition) is 0. The Labute approximate surface area is 98.8 Å². The highest BCUT2D eigenvalue weighted by molar-refractivity contribution is 7.21. The van der Waals surface area contributed by atoms with Gasteiger partial charge in [-0.15, -0.1) is 22.7 Å². The Morgan fingerprint density at radius 1 is 1.20 bits per heavy atom. The zero-order valence-electron chi connectivity index (χ0n) is 9.50. The maximum Gasteiger partial charge on any atom is 0.133 e. The van der Waals surface area contributed by atoms with E-state index in [-0.39, 0.29) is 5.41 Å². The molecule has 3 heteroatoms. The summed E-state index contributed by atoms with van der Waals surface area (Å²) in [6.45, 7) is 8.73. The van der Waals surface area contributed by atoms with Crippen LogP contribution in [-0.2, 0) is 5.41 Å². The van der Waals surface area contributed by atoms with E-state index in [9.17, 15) is 0 Å². The number of hydrogen-bond acceptors (Lipinski definition) is 3. The minimum atomic E-state index is 0.154. The van der Waals surface area contributed by atoms with E-state index in [1.54, 1.807) is 11.3 Å². The van der Waals surface area contributed by atoms with E-state index >= 15 is 0 Å². The molecule has 2 heterocycles. The van der Waals surface area contributed by atoms with Gasteiger partial charge in [0.15, 0.2) is 0 Å². The van der Waals surface area contributed by atoms with Crippen LogP contribution < -0.4 is 0 Å². The SMILES string of the molecule is Cc1ccc(-c2nc(C(C)(C)C)cs2)s1. The summed E-state index contributed by atoms with van der Waals surface area (Å²) in [7, 11) is 0. The van der Waals surface area contributed by atoms with Gasteiger partial charge < -0.3 is 0 Å². The van der Waals surface area contributed by atoms with Crippen molar-refractivity contribution in [3.05, 3.63) is 28.1 Å². The molecule has 2 rings (SSSR count). The van der Waals surface area contributed by atoms with Crippen molar-refractivity contribution in [2.75, 3.05) is 0 Å². The Bertz CT molecular complexity index is 460. The van der Waals surface area contributed by atoms with Crippen LogP contribution in [0.1, 0.15) is 31.3 Å². The van der Waals surface area contributed by atoms with Gasteiger partial charge in [-0.3, -0.25) is 0 Å². The molecule has 0 fully saturated rings. The van der Waals surface area contributed by atoms with E-state index in [4.69, 9.17) is 4.98 Å². The predicted molar refractivity (Wildman–Crippen MR) is 68.9 cm³/mol. The van der Waals surface area contributed by atoms with E-state index in [1.807, 2.05) is 11.3 Å². The minimum Gasteiger partial charge on any atom is -0.240 e. The van der Waals surface area contributed by atoms with Gasteiger partial charge in [0, 0.05) is 15.7 Å². The molecule has 0 aromatic carbocycles. The molecule has 80 valence electrons. The van der Waals surface area contributed by atoms with Crippen molar-refractivity contribution < 1.29 is 0 Å². The lowest BCUT2D eigenvalue weighted by atomic mass is 9.93. The summed E-state index contributed by atoms with van der Waals surface area (Å²) in [6, 6.07) is 4.31. The number of aryl methyl sites for hydroxylation is 1. The summed E-state index contributed by atoms with van der Waals surface area (Å²) in [4.78, 5) is 7.32. The minimum absolute atomic E-state index is 0.154. The average Bonchev–Trinajstić information content (AvgIpc) is 2.69. The molecule has 2 aromatic rings. The highest BCUT2D eigenvalue weighted by atomic mass is 32.1. The summed E-state index contributed by atoms with van der Waals surface area (Å²) < 4.78 is 0. The van der Waals surface area contributed by atoms with Gasteiger partial charge in [0.2, 0.25) is 0 Å². The first-order valence-corrected chi connectivity index (χ1v) is 6.69. The second kappa shape index (κ2) is 3.72. The van der Waals surface area contributed by atoms with E-state index in [0.29, 0.717) is 0 Å². The first-order valence-electron chi connectivity index (χ1n) is 4.99. The van der Waals surface area contributed by atoms with Crippen LogP contribution in [-0.4, -0.2) is 4.98 Å². The standard InChI is InChI=1S/C12H15NS2/c1-8-5-6-9(15-8)11-13-10(7-14-11)12(2,3)4/h5-7H,1-4H3. The first kappa shape index (κ1) is 10.8. The van der Waals surface area contributed by atoms with Gasteiger partial charge in [-0.2, -0.15) is 0 Å². The van der Waals surface area contributed by atoms with Crippen LogP contribution in [0.5, 0.6) is 0 Å². The Morgan fingerprint density at radius 2 is 1.93 bits per heavy atom. The van der Waals surface area contributed by atoms with Gasteiger partial charge in [0.05, 0.1) is 10.6 Å². The van der Waals surface area contributed by atoms with Gasteiger partial charge in [-0.1, -0.05) is 20.8 Å². The monoisotopic (exact) mass is 237 g/mol. The van der Waals surface area contributed by atoms with Crippen molar-refractivity contribution in [3.63, 3.8) is 0 Å². The van der Waals surface area contributed by atoms with E-state index in [0.717, 1.165) is 5.01 Å². The van der Waals surface area contributed by atoms with Crippen LogP contribution in [0.25, 0.3) is 9.88 Å². The van der Waals surface area contributed by atoms with Crippen LogP contribution in [0.2, 0.25) is 0 Å². The summed E-state index contributed by atoms with van der Waals surface area (Å²) in [5.41, 5.74) is 1.34. The van der Waals surface area contributed by atoms with Gasteiger partial charge in [0.1, 0.15) is 5.01 Å². The van der Waals surface area contributed by atoms with Crippen molar-refractivity contribution in [1.82, 2.24) is 4.98 Å². The normalized spacial score (nSPS) is 12.0. The quantitative estimate of drug-likeness (QED) is 0.712. The van der Waals surface area contributed by atoms with Crippen molar-refractivity contribution in [1.29, 1.82) is 0 Å². The van der Waals surface area contributed by atoms with Crippen molar-refractivity contribution in [2.24, 2.45) is 0 Å². The molecule has 0 saturated carbocycles. The second-order valence-electron chi connectivity index (χ2n) is 4.70. The third-order valence-corrected chi connectivity index (χ3v) is 4.24. The molecule has 0 unspecified atom stereocenters. The zero-order valence-corrected chi connectivity index (χ0v) is 11.1. The maximum atomic E-state index is 4.69. The Hall–Kier alpha value is -0.670. The molecular weight excluding hydrogens is 222 g/mol.